The van der Waals surface area contributed by atoms with Gasteiger partial charge in [-0.3, -0.25) is 0 Å². The molecule has 0 aliphatic carbocycles. The highest BCUT2D eigenvalue weighted by Gasteiger charge is 2.18. The van der Waals surface area contributed by atoms with Gasteiger partial charge in [0.25, 0.3) is 0 Å². The second-order valence-corrected chi connectivity index (χ2v) is 4.92. The van der Waals surface area contributed by atoms with Gasteiger partial charge in [-0.05, 0) is 22.6 Å². The Morgan fingerprint density at radius 3 is 2.50 bits per heavy atom. The van der Waals surface area contributed by atoms with E-state index in [1.807, 2.05) is 6.07 Å². The molecule has 3 nitrogen and oxygen atoms in total. The number of nitrogens with two attached hydrogens (primary N) is 1. The molecule has 0 radical (unpaired) electrons. The summed E-state index contributed by atoms with van der Waals surface area (Å²) in [6.45, 7) is 7.85. The van der Waals surface area contributed by atoms with Gasteiger partial charge in [-0.25, -0.2) is 0 Å². The van der Waals surface area contributed by atoms with Crippen LogP contribution in [0.2, 0.25) is 0 Å². The largest absolute Gasteiger partial charge is 0.496 e. The van der Waals surface area contributed by atoms with Crippen LogP contribution in [0.1, 0.15) is 31.9 Å². The van der Waals surface area contributed by atoms with Crippen LogP contribution in [-0.4, -0.2) is 13.8 Å². The molecule has 0 unspecified atom stereocenters. The number of rotatable bonds is 4. The summed E-state index contributed by atoms with van der Waals surface area (Å²) in [7, 11) is 1.71. The average molecular weight is 222 g/mol. The Kier molecular flexibility index (Phi) is 4.33. The lowest BCUT2D eigenvalue weighted by atomic mass is 9.85. The van der Waals surface area contributed by atoms with Crippen LogP contribution in [0, 0.1) is 0 Å². The highest BCUT2D eigenvalue weighted by atomic mass is 16.5. The van der Waals surface area contributed by atoms with E-state index in [9.17, 15) is 0 Å². The highest BCUT2D eigenvalue weighted by Crippen LogP contribution is 2.31. The molecule has 0 bridgehead atoms. The van der Waals surface area contributed by atoms with E-state index < -0.39 is 0 Å². The molecule has 0 heterocycles. The van der Waals surface area contributed by atoms with Crippen LogP contribution in [0.4, 0.5) is 0 Å². The minimum absolute atomic E-state index is 0.0874. The zero-order chi connectivity index (χ0) is 12.2. The number of hydrogen-bond acceptors (Lipinski definition) is 3. The van der Waals surface area contributed by atoms with Crippen molar-refractivity contribution in [2.45, 2.75) is 32.7 Å². The van der Waals surface area contributed by atoms with Crippen molar-refractivity contribution in [3.8, 4) is 5.75 Å². The van der Waals surface area contributed by atoms with E-state index in [1.54, 1.807) is 7.11 Å². The van der Waals surface area contributed by atoms with Crippen molar-refractivity contribution in [3.63, 3.8) is 0 Å². The standard InChI is InChI=1S/C13H22N2O/c1-13(2,3)11-7-10(8-15-9-14)5-6-12(11)16-4/h5-7,15H,8-9,14H2,1-4H3. The Labute approximate surface area is 98.0 Å². The molecule has 0 aliphatic heterocycles. The van der Waals surface area contributed by atoms with E-state index in [4.69, 9.17) is 10.5 Å². The van der Waals surface area contributed by atoms with Crippen molar-refractivity contribution in [1.82, 2.24) is 5.32 Å². The monoisotopic (exact) mass is 222 g/mol. The Balaban J connectivity index is 3.02. The molecular weight excluding hydrogens is 200 g/mol. The molecule has 0 spiro atoms. The summed E-state index contributed by atoms with van der Waals surface area (Å²) in [5.74, 6) is 0.948. The van der Waals surface area contributed by atoms with E-state index in [-0.39, 0.29) is 5.41 Å². The molecule has 0 amide bonds. The van der Waals surface area contributed by atoms with E-state index in [0.29, 0.717) is 6.67 Å². The third kappa shape index (κ3) is 3.22. The van der Waals surface area contributed by atoms with E-state index in [1.165, 1.54) is 11.1 Å². The molecule has 0 saturated carbocycles. The van der Waals surface area contributed by atoms with Crippen LogP contribution in [-0.2, 0) is 12.0 Å². The zero-order valence-electron chi connectivity index (χ0n) is 10.6. The summed E-state index contributed by atoms with van der Waals surface area (Å²) in [5.41, 5.74) is 7.97. The fourth-order valence-electron chi connectivity index (χ4n) is 1.67. The lowest BCUT2D eigenvalue weighted by molar-refractivity contribution is 0.397. The van der Waals surface area contributed by atoms with E-state index >= 15 is 0 Å². The summed E-state index contributed by atoms with van der Waals surface area (Å²) >= 11 is 0. The van der Waals surface area contributed by atoms with Gasteiger partial charge in [-0.1, -0.05) is 32.9 Å². The maximum atomic E-state index is 5.42. The van der Waals surface area contributed by atoms with Crippen molar-refractivity contribution in [2.24, 2.45) is 5.73 Å². The minimum Gasteiger partial charge on any atom is -0.496 e. The fourth-order valence-corrected chi connectivity index (χ4v) is 1.67. The SMILES string of the molecule is COc1ccc(CNCN)cc1C(C)(C)C. The van der Waals surface area contributed by atoms with E-state index in [0.717, 1.165) is 12.3 Å². The molecule has 0 aromatic heterocycles. The first kappa shape index (κ1) is 13.0. The normalized spacial score (nSPS) is 11.6. The zero-order valence-corrected chi connectivity index (χ0v) is 10.6. The average Bonchev–Trinajstić information content (AvgIpc) is 2.24. The summed E-state index contributed by atoms with van der Waals surface area (Å²) in [4.78, 5) is 0. The Hall–Kier alpha value is -1.06. The molecule has 0 fully saturated rings. The summed E-state index contributed by atoms with van der Waals surface area (Å²) in [5, 5.41) is 3.12. The third-order valence-corrected chi connectivity index (χ3v) is 2.55. The molecule has 0 aliphatic rings. The maximum absolute atomic E-state index is 5.42. The van der Waals surface area contributed by atoms with Gasteiger partial charge >= 0.3 is 0 Å². The predicted octanol–water partition coefficient (Wildman–Crippen LogP) is 2.00. The van der Waals surface area contributed by atoms with Gasteiger partial charge in [0.2, 0.25) is 0 Å². The number of benzene rings is 1. The first-order chi connectivity index (χ1) is 7.49. The molecule has 0 atom stereocenters. The van der Waals surface area contributed by atoms with Crippen molar-refractivity contribution in [2.75, 3.05) is 13.8 Å². The van der Waals surface area contributed by atoms with Crippen molar-refractivity contribution < 1.29 is 4.74 Å². The fraction of sp³-hybridized carbons (Fsp3) is 0.538. The number of hydrogen-bond donors (Lipinski definition) is 2. The van der Waals surface area contributed by atoms with Crippen molar-refractivity contribution in [1.29, 1.82) is 0 Å². The predicted molar refractivity (Wildman–Crippen MR) is 67.6 cm³/mol. The first-order valence-corrected chi connectivity index (χ1v) is 5.57. The van der Waals surface area contributed by atoms with Gasteiger partial charge in [-0.2, -0.15) is 0 Å². The quantitative estimate of drug-likeness (QED) is 0.766. The third-order valence-electron chi connectivity index (χ3n) is 2.55. The number of nitrogens with one attached hydrogen (secondary N) is 1. The minimum atomic E-state index is 0.0874. The van der Waals surface area contributed by atoms with Crippen LogP contribution in [0.3, 0.4) is 0 Å². The van der Waals surface area contributed by atoms with Gasteiger partial charge in [0.15, 0.2) is 0 Å². The van der Waals surface area contributed by atoms with Gasteiger partial charge in [-0.15, -0.1) is 0 Å². The summed E-state index contributed by atoms with van der Waals surface area (Å²) < 4.78 is 5.39. The second kappa shape index (κ2) is 5.32. The van der Waals surface area contributed by atoms with E-state index in [2.05, 4.69) is 38.2 Å². The Morgan fingerprint density at radius 1 is 1.31 bits per heavy atom. The molecule has 90 valence electrons. The second-order valence-electron chi connectivity index (χ2n) is 4.92. The molecule has 1 rings (SSSR count). The van der Waals surface area contributed by atoms with Crippen LogP contribution < -0.4 is 15.8 Å². The van der Waals surface area contributed by atoms with Crippen LogP contribution >= 0.6 is 0 Å². The van der Waals surface area contributed by atoms with Gasteiger partial charge in [0, 0.05) is 13.2 Å². The Bertz CT molecular complexity index is 342. The molecule has 1 aromatic rings. The molecule has 16 heavy (non-hydrogen) atoms. The number of methoxy groups -OCH3 is 1. The molecule has 3 N–H and O–H groups in total. The lowest BCUT2D eigenvalue weighted by Crippen LogP contribution is -2.22. The first-order valence-electron chi connectivity index (χ1n) is 5.57. The molecule has 3 heteroatoms. The van der Waals surface area contributed by atoms with Crippen LogP contribution in [0.5, 0.6) is 5.75 Å². The Morgan fingerprint density at radius 2 is 2.00 bits per heavy atom. The maximum Gasteiger partial charge on any atom is 0.122 e. The van der Waals surface area contributed by atoms with Crippen molar-refractivity contribution in [3.05, 3.63) is 29.3 Å². The number of ether oxygens (including phenoxy) is 1. The molecular formula is C13H22N2O. The summed E-state index contributed by atoms with van der Waals surface area (Å²) in [6.07, 6.45) is 0. The molecule has 0 saturated heterocycles. The van der Waals surface area contributed by atoms with Crippen molar-refractivity contribution >= 4 is 0 Å². The van der Waals surface area contributed by atoms with Crippen LogP contribution in [0.25, 0.3) is 0 Å². The van der Waals surface area contributed by atoms with Gasteiger partial charge in [0.05, 0.1) is 7.11 Å². The highest BCUT2D eigenvalue weighted by molar-refractivity contribution is 5.41. The topological polar surface area (TPSA) is 47.3 Å². The van der Waals surface area contributed by atoms with Gasteiger partial charge in [0.1, 0.15) is 5.75 Å². The molecule has 1 aromatic carbocycles. The summed E-state index contributed by atoms with van der Waals surface area (Å²) in [6, 6.07) is 6.27. The van der Waals surface area contributed by atoms with Gasteiger partial charge < -0.3 is 15.8 Å². The smallest absolute Gasteiger partial charge is 0.122 e. The van der Waals surface area contributed by atoms with Crippen LogP contribution in [0.15, 0.2) is 18.2 Å². The lowest BCUT2D eigenvalue weighted by Gasteiger charge is -2.23.